The second-order valence-corrected chi connectivity index (χ2v) is 9.22. The van der Waals surface area contributed by atoms with Gasteiger partial charge in [-0.05, 0) is 42.3 Å². The molecule has 2 aliphatic rings. The minimum atomic E-state index is -1.23. The molecule has 2 amide bonds. The summed E-state index contributed by atoms with van der Waals surface area (Å²) in [6, 6.07) is 8.25. The number of carbonyl (C=O) groups is 3. The van der Waals surface area contributed by atoms with E-state index < -0.39 is 30.1 Å². The van der Waals surface area contributed by atoms with E-state index in [1.54, 1.807) is 31.2 Å². The number of aliphatic hydroxyl groups excluding tert-OH is 2. The Bertz CT molecular complexity index is 1250. The third-order valence-electron chi connectivity index (χ3n) is 6.92. The van der Waals surface area contributed by atoms with Gasteiger partial charge >= 0.3 is 0 Å². The fourth-order valence-corrected chi connectivity index (χ4v) is 5.14. The molecule has 1 aliphatic carbocycles. The van der Waals surface area contributed by atoms with E-state index in [0.29, 0.717) is 35.1 Å². The Morgan fingerprint density at radius 2 is 2.05 bits per heavy atom. The Kier molecular flexibility index (Phi) is 8.43. The highest BCUT2D eigenvalue weighted by molar-refractivity contribution is 5.96. The lowest BCUT2D eigenvalue weighted by Crippen LogP contribution is -2.56. The van der Waals surface area contributed by atoms with Crippen molar-refractivity contribution in [3.8, 4) is 11.5 Å². The van der Waals surface area contributed by atoms with Gasteiger partial charge in [0.25, 0.3) is 0 Å². The van der Waals surface area contributed by atoms with E-state index in [0.717, 1.165) is 0 Å². The number of nitrogens with one attached hydrogen (secondary N) is 1. The molecule has 4 atom stereocenters. The molecule has 202 valence electrons. The van der Waals surface area contributed by atoms with Gasteiger partial charge in [-0.3, -0.25) is 14.4 Å². The van der Waals surface area contributed by atoms with Crippen molar-refractivity contribution in [3.63, 3.8) is 0 Å². The van der Waals surface area contributed by atoms with Gasteiger partial charge in [-0.2, -0.15) is 0 Å². The zero-order valence-electron chi connectivity index (χ0n) is 21.2. The SMILES string of the molecule is CCC(=O)N(CCc1cccc(F)c1)C1C=C(C(=O)NCCO)C2c3cc(C=O)cc(OC)c3OC2C1O. The number of benzene rings is 2. The first kappa shape index (κ1) is 27.3. The maximum Gasteiger partial charge on any atom is 0.247 e. The zero-order chi connectivity index (χ0) is 27.4. The molecule has 4 unspecified atom stereocenters. The normalized spacial score (nSPS) is 21.4. The average Bonchev–Trinajstić information content (AvgIpc) is 3.32. The number of nitrogens with zero attached hydrogens (tertiary/aromatic N) is 1. The molecule has 2 aromatic rings. The molecule has 38 heavy (non-hydrogen) atoms. The van der Waals surface area contributed by atoms with Crippen LogP contribution in [-0.2, 0) is 16.0 Å². The molecule has 0 fully saturated rings. The van der Waals surface area contributed by atoms with Gasteiger partial charge in [-0.15, -0.1) is 0 Å². The van der Waals surface area contributed by atoms with Gasteiger partial charge in [0, 0.05) is 36.2 Å². The van der Waals surface area contributed by atoms with Crippen LogP contribution < -0.4 is 14.8 Å². The lowest BCUT2D eigenvalue weighted by Gasteiger charge is -2.40. The lowest BCUT2D eigenvalue weighted by atomic mass is 9.77. The summed E-state index contributed by atoms with van der Waals surface area (Å²) in [6.45, 7) is 1.59. The molecule has 0 radical (unpaired) electrons. The van der Waals surface area contributed by atoms with Crippen molar-refractivity contribution in [1.29, 1.82) is 0 Å². The van der Waals surface area contributed by atoms with Crippen LogP contribution in [0.15, 0.2) is 48.0 Å². The van der Waals surface area contributed by atoms with Crippen molar-refractivity contribution in [3.05, 3.63) is 70.6 Å². The molecule has 1 aliphatic heterocycles. The van der Waals surface area contributed by atoms with Crippen LogP contribution >= 0.6 is 0 Å². The summed E-state index contributed by atoms with van der Waals surface area (Å²) in [5.74, 6) is -1.30. The predicted molar refractivity (Wildman–Crippen MR) is 136 cm³/mol. The summed E-state index contributed by atoms with van der Waals surface area (Å²) in [4.78, 5) is 39.4. The number of ether oxygens (including phenoxy) is 2. The van der Waals surface area contributed by atoms with E-state index in [9.17, 15) is 29.0 Å². The molecule has 0 aromatic heterocycles. The molecule has 0 saturated heterocycles. The number of hydrogen-bond acceptors (Lipinski definition) is 7. The summed E-state index contributed by atoms with van der Waals surface area (Å²) in [6.07, 6.45) is 0.509. The maximum atomic E-state index is 13.7. The van der Waals surface area contributed by atoms with Crippen LogP contribution in [0.4, 0.5) is 4.39 Å². The molecular weight excluding hydrogens is 495 g/mol. The first-order chi connectivity index (χ1) is 18.3. The summed E-state index contributed by atoms with van der Waals surface area (Å²) < 4.78 is 25.3. The van der Waals surface area contributed by atoms with Crippen molar-refractivity contribution >= 4 is 18.1 Å². The largest absolute Gasteiger partial charge is 0.493 e. The fourth-order valence-electron chi connectivity index (χ4n) is 5.14. The number of fused-ring (bicyclic) bond motifs is 3. The number of hydrogen-bond donors (Lipinski definition) is 3. The summed E-state index contributed by atoms with van der Waals surface area (Å²) in [7, 11) is 1.42. The van der Waals surface area contributed by atoms with Crippen LogP contribution in [-0.4, -0.2) is 78.3 Å². The van der Waals surface area contributed by atoms with Gasteiger partial charge in [0.2, 0.25) is 11.8 Å². The van der Waals surface area contributed by atoms with Gasteiger partial charge in [0.15, 0.2) is 11.5 Å². The summed E-state index contributed by atoms with van der Waals surface area (Å²) in [5, 5.41) is 23.4. The van der Waals surface area contributed by atoms with Gasteiger partial charge in [-0.1, -0.05) is 19.1 Å². The van der Waals surface area contributed by atoms with E-state index in [1.807, 2.05) is 0 Å². The number of carbonyl (C=O) groups excluding carboxylic acids is 3. The van der Waals surface area contributed by atoms with Crippen LogP contribution in [0.1, 0.15) is 40.7 Å². The fraction of sp³-hybridized carbons (Fsp3) is 0.393. The first-order valence-electron chi connectivity index (χ1n) is 12.5. The van der Waals surface area contributed by atoms with E-state index in [-0.39, 0.29) is 49.2 Å². The van der Waals surface area contributed by atoms with Crippen molar-refractivity contribution in [2.75, 3.05) is 26.8 Å². The molecule has 10 heteroatoms. The minimum Gasteiger partial charge on any atom is -0.493 e. The monoisotopic (exact) mass is 526 g/mol. The molecule has 1 heterocycles. The van der Waals surface area contributed by atoms with Crippen molar-refractivity contribution in [2.24, 2.45) is 0 Å². The maximum absolute atomic E-state index is 13.7. The van der Waals surface area contributed by atoms with Crippen LogP contribution in [0.25, 0.3) is 0 Å². The van der Waals surface area contributed by atoms with Crippen LogP contribution in [0.2, 0.25) is 0 Å². The van der Waals surface area contributed by atoms with Gasteiger partial charge in [-0.25, -0.2) is 4.39 Å². The summed E-state index contributed by atoms with van der Waals surface area (Å²) >= 11 is 0. The van der Waals surface area contributed by atoms with Crippen molar-refractivity contribution < 1.29 is 38.5 Å². The van der Waals surface area contributed by atoms with Crippen molar-refractivity contribution in [1.82, 2.24) is 10.2 Å². The highest BCUT2D eigenvalue weighted by Gasteiger charge is 2.51. The Balaban J connectivity index is 1.76. The van der Waals surface area contributed by atoms with Crippen molar-refractivity contribution in [2.45, 2.75) is 43.9 Å². The van der Waals surface area contributed by atoms with E-state index in [4.69, 9.17) is 9.47 Å². The Morgan fingerprint density at radius 1 is 1.26 bits per heavy atom. The molecule has 0 bridgehead atoms. The van der Waals surface area contributed by atoms with E-state index in [2.05, 4.69) is 5.32 Å². The van der Waals surface area contributed by atoms with E-state index >= 15 is 0 Å². The van der Waals surface area contributed by atoms with Crippen LogP contribution in [0, 0.1) is 5.82 Å². The minimum absolute atomic E-state index is 0.00334. The molecule has 3 N–H and O–H groups in total. The number of rotatable bonds is 10. The molecule has 0 spiro atoms. The standard InChI is InChI=1S/C28H31FN2O7/c1-3-23(34)31(9-7-16-5-4-6-18(29)11-16)21-14-20(28(36)30-8-10-32)24-19-12-17(15-33)13-22(37-2)26(19)38-27(24)25(21)35/h4-6,11-15,21,24-25,27,32,35H,3,7-10H2,1-2H3,(H,30,36). The van der Waals surface area contributed by atoms with Gasteiger partial charge in [0.1, 0.15) is 24.3 Å². The quantitative estimate of drug-likeness (QED) is 0.403. The van der Waals surface area contributed by atoms with Crippen LogP contribution in [0.5, 0.6) is 11.5 Å². The zero-order valence-corrected chi connectivity index (χ0v) is 21.2. The number of methoxy groups -OCH3 is 1. The lowest BCUT2D eigenvalue weighted by molar-refractivity contribution is -0.136. The Labute approximate surface area is 219 Å². The van der Waals surface area contributed by atoms with Gasteiger partial charge < -0.3 is 29.9 Å². The number of aliphatic hydroxyl groups is 2. The Morgan fingerprint density at radius 3 is 2.71 bits per heavy atom. The molecule has 0 saturated carbocycles. The predicted octanol–water partition coefficient (Wildman–Crippen LogP) is 1.75. The highest BCUT2D eigenvalue weighted by Crippen LogP contribution is 2.51. The second-order valence-electron chi connectivity index (χ2n) is 9.22. The van der Waals surface area contributed by atoms with Crippen LogP contribution in [0.3, 0.4) is 0 Å². The number of aldehydes is 1. The molecule has 4 rings (SSSR count). The highest BCUT2D eigenvalue weighted by atomic mass is 19.1. The average molecular weight is 527 g/mol. The second kappa shape index (κ2) is 11.7. The Hall–Kier alpha value is -3.76. The third kappa shape index (κ3) is 5.27. The third-order valence-corrected chi connectivity index (χ3v) is 6.92. The number of halogens is 1. The number of amides is 2. The van der Waals surface area contributed by atoms with E-state index in [1.165, 1.54) is 30.2 Å². The van der Waals surface area contributed by atoms with Gasteiger partial charge in [0.05, 0.1) is 25.7 Å². The smallest absolute Gasteiger partial charge is 0.247 e. The first-order valence-corrected chi connectivity index (χ1v) is 12.5. The summed E-state index contributed by atoms with van der Waals surface area (Å²) in [5.41, 5.74) is 1.74. The topological polar surface area (TPSA) is 125 Å². The molecular formula is C28H31FN2O7. The molecule has 9 nitrogen and oxygen atoms in total. The molecule has 2 aromatic carbocycles.